The molecule has 0 saturated heterocycles. The van der Waals surface area contributed by atoms with E-state index in [1.54, 1.807) is 0 Å². The highest BCUT2D eigenvalue weighted by Gasteiger charge is 2.08. The average Bonchev–Trinajstić information content (AvgIpc) is 2.48. The van der Waals surface area contributed by atoms with Crippen LogP contribution in [0.2, 0.25) is 0 Å². The van der Waals surface area contributed by atoms with E-state index in [0.29, 0.717) is 0 Å². The third-order valence-electron chi connectivity index (χ3n) is 2.43. The molecule has 7 nitrogen and oxygen atoms in total. The van der Waals surface area contributed by atoms with Crippen molar-refractivity contribution in [2.24, 2.45) is 0 Å². The van der Waals surface area contributed by atoms with Crippen LogP contribution in [0.15, 0.2) is 58.3 Å². The molecule has 116 valence electrons. The Morgan fingerprint density at radius 1 is 0.727 bits per heavy atom. The van der Waals surface area contributed by atoms with Crippen LogP contribution in [0.3, 0.4) is 0 Å². The SMILES string of the molecule is O=C(Oc1ccc(S(=O)[O-])cc1)Oc1ccc(S(=O)[O-])cc1. The van der Waals surface area contributed by atoms with Crippen LogP contribution in [0.4, 0.5) is 4.79 Å². The lowest BCUT2D eigenvalue weighted by atomic mass is 10.3. The minimum atomic E-state index is -2.36. The quantitative estimate of drug-likeness (QED) is 0.473. The van der Waals surface area contributed by atoms with Crippen LogP contribution in [-0.4, -0.2) is 23.7 Å². The standard InChI is InChI=1S/C13H10O7S2/c14-13(19-9-1-5-11(6-2-9)21(15)16)20-10-3-7-12(8-4-10)22(17)18/h1-8H,(H,15,16)(H,17,18)/p-2. The maximum absolute atomic E-state index is 11.5. The Morgan fingerprint density at radius 2 is 1.05 bits per heavy atom. The van der Waals surface area contributed by atoms with E-state index in [0.717, 1.165) is 0 Å². The molecule has 2 rings (SSSR count). The molecule has 2 aromatic rings. The summed E-state index contributed by atoms with van der Waals surface area (Å²) in [6.07, 6.45) is -1.04. The van der Waals surface area contributed by atoms with Crippen LogP contribution in [-0.2, 0) is 22.2 Å². The summed E-state index contributed by atoms with van der Waals surface area (Å²) in [5.41, 5.74) is 0. The van der Waals surface area contributed by atoms with E-state index in [-0.39, 0.29) is 21.3 Å². The Labute approximate surface area is 130 Å². The van der Waals surface area contributed by atoms with Crippen molar-refractivity contribution in [3.05, 3.63) is 48.5 Å². The molecular weight excluding hydrogens is 332 g/mol. The second-order valence-electron chi connectivity index (χ2n) is 3.87. The van der Waals surface area contributed by atoms with Crippen molar-refractivity contribution in [1.82, 2.24) is 0 Å². The Bertz CT molecular complexity index is 649. The minimum absolute atomic E-state index is 0.0573. The zero-order chi connectivity index (χ0) is 16.1. The first kappa shape index (κ1) is 16.3. The molecule has 2 aromatic carbocycles. The zero-order valence-corrected chi connectivity index (χ0v) is 12.4. The Morgan fingerprint density at radius 3 is 1.32 bits per heavy atom. The van der Waals surface area contributed by atoms with Crippen LogP contribution in [0, 0.1) is 0 Å². The van der Waals surface area contributed by atoms with Gasteiger partial charge in [0.1, 0.15) is 11.5 Å². The predicted octanol–water partition coefficient (Wildman–Crippen LogP) is 1.74. The molecule has 0 bridgehead atoms. The van der Waals surface area contributed by atoms with Crippen LogP contribution < -0.4 is 9.47 Å². The summed E-state index contributed by atoms with van der Waals surface area (Å²) in [4.78, 5) is 11.6. The number of carbonyl (C=O) groups excluding carboxylic acids is 1. The largest absolute Gasteiger partial charge is 0.768 e. The molecule has 0 saturated carbocycles. The molecule has 0 aliphatic carbocycles. The first-order valence-corrected chi connectivity index (χ1v) is 7.89. The van der Waals surface area contributed by atoms with Crippen LogP contribution in [0.25, 0.3) is 0 Å². The van der Waals surface area contributed by atoms with Gasteiger partial charge < -0.3 is 18.6 Å². The summed E-state index contributed by atoms with van der Waals surface area (Å²) >= 11 is -4.72. The fourth-order valence-corrected chi connectivity index (χ4v) is 2.17. The molecule has 2 unspecified atom stereocenters. The average molecular weight is 340 g/mol. The molecule has 0 N–H and O–H groups in total. The van der Waals surface area contributed by atoms with Crippen molar-refractivity contribution < 1.29 is 31.8 Å². The van der Waals surface area contributed by atoms with Gasteiger partial charge in [0, 0.05) is 9.79 Å². The van der Waals surface area contributed by atoms with Crippen molar-refractivity contribution in [3.8, 4) is 11.5 Å². The number of benzene rings is 2. The van der Waals surface area contributed by atoms with E-state index >= 15 is 0 Å². The molecule has 0 spiro atoms. The summed E-state index contributed by atoms with van der Waals surface area (Å²) in [6, 6.07) is 10.3. The molecule has 0 aliphatic rings. The minimum Gasteiger partial charge on any atom is -0.768 e. The van der Waals surface area contributed by atoms with E-state index in [2.05, 4.69) is 0 Å². The van der Waals surface area contributed by atoms with Gasteiger partial charge in [-0.3, -0.25) is 8.42 Å². The summed E-state index contributed by atoms with van der Waals surface area (Å²) < 4.78 is 52.4. The molecular formula is C13H8O7S2-2. The summed E-state index contributed by atoms with van der Waals surface area (Å²) in [7, 11) is 0. The van der Waals surface area contributed by atoms with Crippen molar-refractivity contribution in [1.29, 1.82) is 0 Å². The van der Waals surface area contributed by atoms with Gasteiger partial charge in [0.2, 0.25) is 0 Å². The predicted molar refractivity (Wildman–Crippen MR) is 73.9 cm³/mol. The van der Waals surface area contributed by atoms with Gasteiger partial charge in [-0.05, 0) is 70.7 Å². The first-order chi connectivity index (χ1) is 10.5. The number of hydrogen-bond donors (Lipinski definition) is 0. The molecule has 2 atom stereocenters. The lowest BCUT2D eigenvalue weighted by Gasteiger charge is -2.08. The number of rotatable bonds is 4. The molecule has 22 heavy (non-hydrogen) atoms. The van der Waals surface area contributed by atoms with Gasteiger partial charge in [-0.15, -0.1) is 0 Å². The van der Waals surface area contributed by atoms with E-state index < -0.39 is 28.3 Å². The monoisotopic (exact) mass is 340 g/mol. The third-order valence-corrected chi connectivity index (χ3v) is 3.75. The highest BCUT2D eigenvalue weighted by atomic mass is 32.2. The summed E-state index contributed by atoms with van der Waals surface area (Å²) in [5, 5.41) is 0. The molecule has 0 aromatic heterocycles. The molecule has 0 heterocycles. The number of ether oxygens (including phenoxy) is 2. The number of carbonyl (C=O) groups is 1. The van der Waals surface area contributed by atoms with Gasteiger partial charge in [0.15, 0.2) is 0 Å². The lowest BCUT2D eigenvalue weighted by Crippen LogP contribution is -2.13. The fourth-order valence-electron chi connectivity index (χ4n) is 1.45. The van der Waals surface area contributed by atoms with Gasteiger partial charge in [-0.25, -0.2) is 4.79 Å². The van der Waals surface area contributed by atoms with E-state index in [4.69, 9.17) is 9.47 Å². The highest BCUT2D eigenvalue weighted by Crippen LogP contribution is 2.17. The summed E-state index contributed by atoms with van der Waals surface area (Å²) in [5.74, 6) is 0.216. The summed E-state index contributed by atoms with van der Waals surface area (Å²) in [6.45, 7) is 0. The topological polar surface area (TPSA) is 116 Å². The molecule has 0 amide bonds. The zero-order valence-electron chi connectivity index (χ0n) is 10.8. The van der Waals surface area contributed by atoms with Crippen molar-refractivity contribution in [2.45, 2.75) is 9.79 Å². The van der Waals surface area contributed by atoms with Gasteiger partial charge in [-0.1, -0.05) is 0 Å². The van der Waals surface area contributed by atoms with Crippen molar-refractivity contribution in [2.75, 3.05) is 0 Å². The van der Waals surface area contributed by atoms with E-state index in [1.807, 2.05) is 0 Å². The van der Waals surface area contributed by atoms with Gasteiger partial charge >= 0.3 is 6.16 Å². The highest BCUT2D eigenvalue weighted by molar-refractivity contribution is 7.79. The molecule has 0 radical (unpaired) electrons. The second kappa shape index (κ2) is 7.27. The molecule has 0 aliphatic heterocycles. The van der Waals surface area contributed by atoms with Crippen LogP contribution in [0.1, 0.15) is 0 Å². The molecule has 0 fully saturated rings. The molecule has 9 heteroatoms. The van der Waals surface area contributed by atoms with E-state index in [1.165, 1.54) is 48.5 Å². The van der Waals surface area contributed by atoms with Gasteiger partial charge in [-0.2, -0.15) is 0 Å². The lowest BCUT2D eigenvalue weighted by molar-refractivity contribution is 0.152. The fraction of sp³-hybridized carbons (Fsp3) is 0. The normalized spacial score (nSPS) is 13.2. The maximum atomic E-state index is 11.5. The van der Waals surface area contributed by atoms with Crippen molar-refractivity contribution >= 4 is 28.3 Å². The smallest absolute Gasteiger partial charge is 0.519 e. The first-order valence-electron chi connectivity index (χ1n) is 5.74. The van der Waals surface area contributed by atoms with Crippen molar-refractivity contribution in [3.63, 3.8) is 0 Å². The Hall–Kier alpha value is -2.07. The van der Waals surface area contributed by atoms with Gasteiger partial charge in [0.05, 0.1) is 0 Å². The van der Waals surface area contributed by atoms with E-state index in [9.17, 15) is 22.3 Å². The van der Waals surface area contributed by atoms with Crippen LogP contribution >= 0.6 is 0 Å². The van der Waals surface area contributed by atoms with Gasteiger partial charge in [0.25, 0.3) is 0 Å². The Balaban J connectivity index is 1.97. The maximum Gasteiger partial charge on any atom is 0.519 e. The Kier molecular flexibility index (Phi) is 5.39. The number of hydrogen-bond acceptors (Lipinski definition) is 7. The second-order valence-corrected chi connectivity index (χ2v) is 5.75. The third kappa shape index (κ3) is 4.46. The van der Waals surface area contributed by atoms with Crippen LogP contribution in [0.5, 0.6) is 11.5 Å².